The molecule has 1 aromatic carbocycles. The van der Waals surface area contributed by atoms with Crippen LogP contribution < -0.4 is 4.74 Å². The Morgan fingerprint density at radius 3 is 2.20 bits per heavy atom. The van der Waals surface area contributed by atoms with Gasteiger partial charge in [-0.25, -0.2) is 4.98 Å². The van der Waals surface area contributed by atoms with Crippen LogP contribution in [-0.4, -0.2) is 12.1 Å². The lowest BCUT2D eigenvalue weighted by atomic mass is 10.0. The number of hydrogen-bond acceptors (Lipinski definition) is 2. The smallest absolute Gasteiger partial charge is 0.213 e. The molecular formula is C17H22BrNO. The fourth-order valence-electron chi connectivity index (χ4n) is 1.67. The van der Waals surface area contributed by atoms with Crippen LogP contribution in [0.15, 0.2) is 41.0 Å². The molecule has 0 atom stereocenters. The highest BCUT2D eigenvalue weighted by Gasteiger charge is 2.05. The minimum atomic E-state index is 0.628. The first kappa shape index (κ1) is 16.7. The van der Waals surface area contributed by atoms with Crippen LogP contribution >= 0.6 is 15.9 Å². The summed E-state index contributed by atoms with van der Waals surface area (Å²) in [7, 11) is 1.63. The standard InChI is InChI=1S/C14H14BrNO.C3H8/c1-3-10-4-6-11(7-5-10)12-8-14(17-2)16-9-13(12)15;1-3-2/h4-9H,3H2,1-2H3;3H2,1-2H3. The first-order valence-electron chi connectivity index (χ1n) is 6.95. The number of aromatic nitrogens is 1. The van der Waals surface area contributed by atoms with E-state index in [9.17, 15) is 0 Å². The molecule has 1 aromatic heterocycles. The number of halogens is 1. The maximum Gasteiger partial charge on any atom is 0.213 e. The molecule has 0 N–H and O–H groups in total. The van der Waals surface area contributed by atoms with Gasteiger partial charge in [0.05, 0.1) is 7.11 Å². The Kier molecular flexibility index (Phi) is 7.31. The zero-order valence-corrected chi connectivity index (χ0v) is 14.2. The molecule has 0 radical (unpaired) electrons. The van der Waals surface area contributed by atoms with Gasteiger partial charge >= 0.3 is 0 Å². The van der Waals surface area contributed by atoms with Crippen LogP contribution in [0.1, 0.15) is 32.8 Å². The molecule has 0 saturated carbocycles. The van der Waals surface area contributed by atoms with Gasteiger partial charge in [-0.3, -0.25) is 0 Å². The first-order chi connectivity index (χ1) is 9.65. The van der Waals surface area contributed by atoms with Gasteiger partial charge in [0.15, 0.2) is 0 Å². The molecule has 1 heterocycles. The van der Waals surface area contributed by atoms with Gasteiger partial charge in [0.25, 0.3) is 0 Å². The summed E-state index contributed by atoms with van der Waals surface area (Å²) in [6.45, 7) is 6.40. The van der Waals surface area contributed by atoms with Crippen molar-refractivity contribution in [2.24, 2.45) is 0 Å². The van der Waals surface area contributed by atoms with Crippen LogP contribution in [0.4, 0.5) is 0 Å². The van der Waals surface area contributed by atoms with Crippen molar-refractivity contribution in [1.29, 1.82) is 0 Å². The first-order valence-corrected chi connectivity index (χ1v) is 7.74. The van der Waals surface area contributed by atoms with Crippen molar-refractivity contribution < 1.29 is 4.74 Å². The van der Waals surface area contributed by atoms with E-state index in [1.807, 2.05) is 6.07 Å². The molecule has 0 saturated heterocycles. The van der Waals surface area contributed by atoms with Gasteiger partial charge in [-0.05, 0) is 33.5 Å². The van der Waals surface area contributed by atoms with Crippen LogP contribution in [0.3, 0.4) is 0 Å². The van der Waals surface area contributed by atoms with E-state index in [2.05, 4.69) is 66.0 Å². The molecule has 20 heavy (non-hydrogen) atoms. The molecule has 0 spiro atoms. The summed E-state index contributed by atoms with van der Waals surface area (Å²) < 4.78 is 6.12. The summed E-state index contributed by atoms with van der Waals surface area (Å²) in [5.74, 6) is 0.628. The number of rotatable bonds is 3. The summed E-state index contributed by atoms with van der Waals surface area (Å²) in [6.07, 6.45) is 4.07. The van der Waals surface area contributed by atoms with Crippen molar-refractivity contribution in [3.8, 4) is 17.0 Å². The van der Waals surface area contributed by atoms with Crippen LogP contribution in [0.25, 0.3) is 11.1 Å². The third-order valence-electron chi connectivity index (χ3n) is 2.71. The number of pyridine rings is 1. The van der Waals surface area contributed by atoms with Gasteiger partial charge in [-0.1, -0.05) is 51.5 Å². The summed E-state index contributed by atoms with van der Waals surface area (Å²) in [5, 5.41) is 0. The fourth-order valence-corrected chi connectivity index (χ4v) is 2.12. The third-order valence-corrected chi connectivity index (χ3v) is 3.34. The Balaban J connectivity index is 0.000000612. The molecule has 2 aromatic rings. The largest absolute Gasteiger partial charge is 0.481 e. The molecule has 2 rings (SSSR count). The molecule has 108 valence electrons. The van der Waals surface area contributed by atoms with E-state index in [0.29, 0.717) is 5.88 Å². The van der Waals surface area contributed by atoms with Crippen molar-refractivity contribution in [3.05, 3.63) is 46.6 Å². The van der Waals surface area contributed by atoms with Crippen molar-refractivity contribution in [2.45, 2.75) is 33.6 Å². The molecule has 3 heteroatoms. The van der Waals surface area contributed by atoms with E-state index in [0.717, 1.165) is 22.0 Å². The molecule has 0 aliphatic heterocycles. The van der Waals surface area contributed by atoms with Crippen LogP contribution in [0.2, 0.25) is 0 Å². The highest BCUT2D eigenvalue weighted by Crippen LogP contribution is 2.30. The van der Waals surface area contributed by atoms with Crippen molar-refractivity contribution >= 4 is 15.9 Å². The van der Waals surface area contributed by atoms with Gasteiger partial charge in [0, 0.05) is 22.3 Å². The van der Waals surface area contributed by atoms with Crippen molar-refractivity contribution in [2.75, 3.05) is 7.11 Å². The number of hydrogen-bond donors (Lipinski definition) is 0. The number of ether oxygens (including phenoxy) is 1. The summed E-state index contributed by atoms with van der Waals surface area (Å²) in [5.41, 5.74) is 3.60. The third kappa shape index (κ3) is 4.64. The van der Waals surface area contributed by atoms with Gasteiger partial charge < -0.3 is 4.74 Å². The Morgan fingerprint density at radius 1 is 1.10 bits per heavy atom. The average Bonchev–Trinajstić information content (AvgIpc) is 2.49. The quantitative estimate of drug-likeness (QED) is 0.738. The number of nitrogens with zero attached hydrogens (tertiary/aromatic N) is 1. The molecule has 0 unspecified atom stereocenters. The minimum absolute atomic E-state index is 0.628. The van der Waals surface area contributed by atoms with Gasteiger partial charge in [0.2, 0.25) is 5.88 Å². The van der Waals surface area contributed by atoms with Crippen molar-refractivity contribution in [3.63, 3.8) is 0 Å². The second-order valence-corrected chi connectivity index (χ2v) is 5.32. The van der Waals surface area contributed by atoms with Gasteiger partial charge in [0.1, 0.15) is 0 Å². The molecule has 0 amide bonds. The minimum Gasteiger partial charge on any atom is -0.481 e. The predicted octanol–water partition coefficient (Wildman–Crippen LogP) is 5.50. The predicted molar refractivity (Wildman–Crippen MR) is 89.3 cm³/mol. The molecule has 2 nitrogen and oxygen atoms in total. The number of methoxy groups -OCH3 is 1. The number of aryl methyl sites for hydroxylation is 1. The van der Waals surface area contributed by atoms with E-state index >= 15 is 0 Å². The van der Waals surface area contributed by atoms with Crippen molar-refractivity contribution in [1.82, 2.24) is 4.98 Å². The zero-order valence-electron chi connectivity index (χ0n) is 12.6. The van der Waals surface area contributed by atoms with E-state index < -0.39 is 0 Å². The fraction of sp³-hybridized carbons (Fsp3) is 0.353. The lowest BCUT2D eigenvalue weighted by Crippen LogP contribution is -1.89. The SMILES string of the molecule is CCC.CCc1ccc(-c2cc(OC)ncc2Br)cc1. The Hall–Kier alpha value is -1.35. The number of benzene rings is 1. The normalized spacial score (nSPS) is 9.65. The maximum absolute atomic E-state index is 5.14. The topological polar surface area (TPSA) is 22.1 Å². The molecule has 0 aliphatic carbocycles. The lowest BCUT2D eigenvalue weighted by molar-refractivity contribution is 0.398. The van der Waals surface area contributed by atoms with Crippen LogP contribution in [-0.2, 0) is 6.42 Å². The maximum atomic E-state index is 5.14. The molecule has 0 bridgehead atoms. The zero-order chi connectivity index (χ0) is 15.0. The van der Waals surface area contributed by atoms with E-state index in [1.165, 1.54) is 12.0 Å². The molecule has 0 fully saturated rings. The Labute approximate surface area is 130 Å². The Bertz CT molecular complexity index is 523. The summed E-state index contributed by atoms with van der Waals surface area (Å²) >= 11 is 3.51. The van der Waals surface area contributed by atoms with E-state index in [-0.39, 0.29) is 0 Å². The monoisotopic (exact) mass is 335 g/mol. The van der Waals surface area contributed by atoms with E-state index in [1.54, 1.807) is 13.3 Å². The summed E-state index contributed by atoms with van der Waals surface area (Å²) in [4.78, 5) is 4.15. The average molecular weight is 336 g/mol. The van der Waals surface area contributed by atoms with Gasteiger partial charge in [-0.15, -0.1) is 0 Å². The van der Waals surface area contributed by atoms with Crippen LogP contribution in [0, 0.1) is 0 Å². The highest BCUT2D eigenvalue weighted by atomic mass is 79.9. The Morgan fingerprint density at radius 2 is 1.70 bits per heavy atom. The highest BCUT2D eigenvalue weighted by molar-refractivity contribution is 9.10. The molecule has 0 aliphatic rings. The molecular weight excluding hydrogens is 314 g/mol. The van der Waals surface area contributed by atoms with Crippen LogP contribution in [0.5, 0.6) is 5.88 Å². The lowest BCUT2D eigenvalue weighted by Gasteiger charge is -2.07. The summed E-state index contributed by atoms with van der Waals surface area (Å²) in [6, 6.07) is 10.5. The van der Waals surface area contributed by atoms with Gasteiger partial charge in [-0.2, -0.15) is 0 Å². The van der Waals surface area contributed by atoms with E-state index in [4.69, 9.17) is 4.74 Å². The second-order valence-electron chi connectivity index (χ2n) is 4.46. The second kappa shape index (κ2) is 8.75.